The van der Waals surface area contributed by atoms with Crippen LogP contribution in [-0.4, -0.2) is 61.6 Å². The summed E-state index contributed by atoms with van der Waals surface area (Å²) in [6.07, 6.45) is 1.36. The van der Waals surface area contributed by atoms with Crippen LogP contribution in [-0.2, 0) is 16.6 Å². The number of nitrogens with one attached hydrogen (secondary N) is 1. The quantitative estimate of drug-likeness (QED) is 0.739. The lowest BCUT2D eigenvalue weighted by Gasteiger charge is -2.31. The van der Waals surface area contributed by atoms with E-state index < -0.39 is 10.0 Å². The normalized spacial score (nSPS) is 18.6. The lowest BCUT2D eigenvalue weighted by atomic mass is 10.3. The molecule has 0 aromatic carbocycles. The number of aromatic nitrogens is 1. The van der Waals surface area contributed by atoms with Crippen LogP contribution >= 0.6 is 0 Å². The summed E-state index contributed by atoms with van der Waals surface area (Å²) in [6, 6.07) is 2.94. The van der Waals surface area contributed by atoms with Crippen molar-refractivity contribution in [2.24, 2.45) is 0 Å². The number of sulfonamides is 1. The Hall–Kier alpha value is -1.06. The highest BCUT2D eigenvalue weighted by Gasteiger charge is 2.22. The lowest BCUT2D eigenvalue weighted by molar-refractivity contribution is 0.134. The number of aliphatic hydroxyl groups excluding tert-OH is 1. The molecule has 2 N–H and O–H groups in total. The summed E-state index contributed by atoms with van der Waals surface area (Å²) in [4.78, 5) is 8.52. The Kier molecular flexibility index (Phi) is 4.48. The summed E-state index contributed by atoms with van der Waals surface area (Å²) in [5, 5.41) is 10.5. The first kappa shape index (κ1) is 14.4. The number of hydrazine groups is 1. The second-order valence-corrected chi connectivity index (χ2v) is 6.16. The van der Waals surface area contributed by atoms with Gasteiger partial charge in [0.1, 0.15) is 0 Å². The molecule has 106 valence electrons. The van der Waals surface area contributed by atoms with Gasteiger partial charge in [0.05, 0.1) is 6.61 Å². The number of rotatable bonds is 4. The highest BCUT2D eigenvalue weighted by atomic mass is 32.2. The fraction of sp³-hybridized carbons (Fsp3) is 0.545. The van der Waals surface area contributed by atoms with E-state index in [1.54, 1.807) is 11.1 Å². The van der Waals surface area contributed by atoms with Crippen LogP contribution in [0.2, 0.25) is 0 Å². The van der Waals surface area contributed by atoms with Crippen LogP contribution in [0.15, 0.2) is 23.4 Å². The zero-order chi connectivity index (χ0) is 13.9. The molecule has 1 aromatic rings. The van der Waals surface area contributed by atoms with Crippen molar-refractivity contribution in [2.75, 3.05) is 33.2 Å². The van der Waals surface area contributed by atoms with Gasteiger partial charge in [0, 0.05) is 32.4 Å². The van der Waals surface area contributed by atoms with Gasteiger partial charge < -0.3 is 10.0 Å². The molecule has 1 fully saturated rings. The summed E-state index contributed by atoms with van der Waals surface area (Å²) in [6.45, 7) is 2.77. The number of nitrogens with zero attached hydrogens (tertiary/aromatic N) is 3. The predicted molar refractivity (Wildman–Crippen MR) is 69.6 cm³/mol. The topological polar surface area (TPSA) is 85.8 Å². The van der Waals surface area contributed by atoms with Gasteiger partial charge in [-0.25, -0.2) is 18.4 Å². The highest BCUT2D eigenvalue weighted by molar-refractivity contribution is 7.89. The molecule has 0 atom stereocenters. The van der Waals surface area contributed by atoms with Crippen molar-refractivity contribution in [1.82, 2.24) is 19.7 Å². The van der Waals surface area contributed by atoms with Crippen LogP contribution in [0.25, 0.3) is 0 Å². The van der Waals surface area contributed by atoms with E-state index in [1.807, 2.05) is 7.05 Å². The molecule has 1 aliphatic heterocycles. The van der Waals surface area contributed by atoms with Gasteiger partial charge in [0.15, 0.2) is 5.03 Å². The second kappa shape index (κ2) is 5.93. The Morgan fingerprint density at radius 1 is 1.32 bits per heavy atom. The smallest absolute Gasteiger partial charge is 0.270 e. The number of hydrogen-bond acceptors (Lipinski definition) is 6. The molecule has 1 aliphatic rings. The third-order valence-corrected chi connectivity index (χ3v) is 4.30. The van der Waals surface area contributed by atoms with Crippen LogP contribution < -0.4 is 4.83 Å². The van der Waals surface area contributed by atoms with Crippen LogP contribution in [0, 0.1) is 0 Å². The summed E-state index contributed by atoms with van der Waals surface area (Å²) in [5.41, 5.74) is 0.582. The fourth-order valence-electron chi connectivity index (χ4n) is 1.78. The Bertz CT molecular complexity index is 509. The van der Waals surface area contributed by atoms with E-state index in [9.17, 15) is 8.42 Å². The standard InChI is InChI=1S/C11H18N4O3S/c1-14-4-6-15(7-5-14)13-19(17,18)11-3-2-10(9-16)8-12-11/h2-3,8,13,16H,4-7,9H2,1H3. The highest BCUT2D eigenvalue weighted by Crippen LogP contribution is 2.08. The third kappa shape index (κ3) is 3.71. The second-order valence-electron chi connectivity index (χ2n) is 4.55. The van der Waals surface area contributed by atoms with E-state index in [0.717, 1.165) is 13.1 Å². The molecule has 7 nitrogen and oxygen atoms in total. The predicted octanol–water partition coefficient (Wildman–Crippen LogP) is -0.985. The lowest BCUT2D eigenvalue weighted by Crippen LogP contribution is -2.52. The van der Waals surface area contributed by atoms with E-state index in [-0.39, 0.29) is 11.6 Å². The molecule has 1 saturated heterocycles. The van der Waals surface area contributed by atoms with Gasteiger partial charge in [-0.2, -0.15) is 0 Å². The summed E-state index contributed by atoms with van der Waals surface area (Å²) < 4.78 is 24.2. The van der Waals surface area contributed by atoms with Crippen molar-refractivity contribution in [3.8, 4) is 0 Å². The molecule has 2 heterocycles. The van der Waals surface area contributed by atoms with E-state index in [2.05, 4.69) is 14.7 Å². The van der Waals surface area contributed by atoms with E-state index in [4.69, 9.17) is 5.11 Å². The van der Waals surface area contributed by atoms with Crippen molar-refractivity contribution in [3.63, 3.8) is 0 Å². The molecular formula is C11H18N4O3S. The van der Waals surface area contributed by atoms with Crippen LogP contribution in [0.1, 0.15) is 5.56 Å². The molecule has 2 rings (SSSR count). The van der Waals surface area contributed by atoms with Gasteiger partial charge in [0.25, 0.3) is 10.0 Å². The molecule has 0 amide bonds. The van der Waals surface area contributed by atoms with Gasteiger partial charge >= 0.3 is 0 Å². The van der Waals surface area contributed by atoms with Crippen molar-refractivity contribution in [3.05, 3.63) is 23.9 Å². The maximum atomic E-state index is 12.1. The number of likely N-dealkylation sites (N-methyl/N-ethyl adjacent to an activating group) is 1. The molecule has 0 radical (unpaired) electrons. The van der Waals surface area contributed by atoms with Gasteiger partial charge in [-0.3, -0.25) is 0 Å². The molecule has 0 unspecified atom stereocenters. The maximum Gasteiger partial charge on any atom is 0.270 e. The van der Waals surface area contributed by atoms with E-state index in [1.165, 1.54) is 12.3 Å². The van der Waals surface area contributed by atoms with E-state index >= 15 is 0 Å². The van der Waals surface area contributed by atoms with Gasteiger partial charge in [-0.15, -0.1) is 4.83 Å². The zero-order valence-electron chi connectivity index (χ0n) is 10.8. The number of hydrogen-bond donors (Lipinski definition) is 2. The average Bonchev–Trinajstić information content (AvgIpc) is 2.41. The summed E-state index contributed by atoms with van der Waals surface area (Å²) >= 11 is 0. The van der Waals surface area contributed by atoms with Crippen LogP contribution in [0.5, 0.6) is 0 Å². The average molecular weight is 286 g/mol. The zero-order valence-corrected chi connectivity index (χ0v) is 11.6. The van der Waals surface area contributed by atoms with Gasteiger partial charge in [-0.1, -0.05) is 6.07 Å². The van der Waals surface area contributed by atoms with Crippen molar-refractivity contribution < 1.29 is 13.5 Å². The van der Waals surface area contributed by atoms with Crippen LogP contribution in [0.3, 0.4) is 0 Å². The third-order valence-electron chi connectivity index (χ3n) is 3.01. The number of aliphatic hydroxyl groups is 1. The minimum Gasteiger partial charge on any atom is -0.392 e. The van der Waals surface area contributed by atoms with Gasteiger partial charge in [0.2, 0.25) is 0 Å². The summed E-state index contributed by atoms with van der Waals surface area (Å²) in [5.74, 6) is 0. The number of pyridine rings is 1. The fourth-order valence-corrected chi connectivity index (χ4v) is 2.83. The molecule has 0 aliphatic carbocycles. The molecule has 0 bridgehead atoms. The molecule has 1 aromatic heterocycles. The molecule has 0 saturated carbocycles. The van der Waals surface area contributed by atoms with Gasteiger partial charge in [-0.05, 0) is 18.7 Å². The SMILES string of the molecule is CN1CCN(NS(=O)(=O)c2ccc(CO)cn2)CC1. The molecule has 19 heavy (non-hydrogen) atoms. The Morgan fingerprint density at radius 3 is 2.53 bits per heavy atom. The number of piperazine rings is 1. The summed E-state index contributed by atoms with van der Waals surface area (Å²) in [7, 11) is -1.64. The maximum absolute atomic E-state index is 12.1. The first-order chi connectivity index (χ1) is 9.01. The minimum absolute atomic E-state index is 0.0383. The monoisotopic (exact) mass is 286 g/mol. The Labute approximate surface area is 112 Å². The van der Waals surface area contributed by atoms with Crippen molar-refractivity contribution in [1.29, 1.82) is 0 Å². The first-order valence-electron chi connectivity index (χ1n) is 6.03. The van der Waals surface area contributed by atoms with E-state index in [0.29, 0.717) is 18.7 Å². The van der Waals surface area contributed by atoms with Crippen LogP contribution in [0.4, 0.5) is 0 Å². The van der Waals surface area contributed by atoms with Crippen molar-refractivity contribution >= 4 is 10.0 Å². The molecule has 0 spiro atoms. The molecule has 8 heteroatoms. The van der Waals surface area contributed by atoms with Crippen molar-refractivity contribution in [2.45, 2.75) is 11.6 Å². The first-order valence-corrected chi connectivity index (χ1v) is 7.51. The largest absolute Gasteiger partial charge is 0.392 e. The Balaban J connectivity index is 2.05. The molecular weight excluding hydrogens is 268 g/mol. The Morgan fingerprint density at radius 2 is 2.00 bits per heavy atom. The minimum atomic E-state index is -3.64.